The summed E-state index contributed by atoms with van der Waals surface area (Å²) in [6.45, 7) is 0. The van der Waals surface area contributed by atoms with Crippen LogP contribution in [0.2, 0.25) is 0 Å². The number of nitrogens with zero attached hydrogens (tertiary/aromatic N) is 1. The van der Waals surface area contributed by atoms with Crippen molar-refractivity contribution in [2.75, 3.05) is 19.9 Å². The Balaban J connectivity index is 2.08. The maximum Gasteiger partial charge on any atom is 0.327 e. The topological polar surface area (TPSA) is 51.2 Å². The number of hydrogen-bond acceptors (Lipinski definition) is 5. The third-order valence-corrected chi connectivity index (χ3v) is 4.49. The van der Waals surface area contributed by atoms with Crippen molar-refractivity contribution in [1.82, 2.24) is 10.3 Å². The number of hydrogen-bond donors (Lipinski definition) is 1. The molecule has 1 aromatic heterocycles. The molecule has 1 N–H and O–H groups in total. The van der Waals surface area contributed by atoms with Crippen molar-refractivity contribution in [3.05, 3.63) is 24.4 Å². The van der Waals surface area contributed by atoms with Gasteiger partial charge in [-0.1, -0.05) is 6.07 Å². The highest BCUT2D eigenvalue weighted by atomic mass is 32.2. The summed E-state index contributed by atoms with van der Waals surface area (Å²) >= 11 is 1.59. The molecular formula is C13H18N2O2S. The highest BCUT2D eigenvalue weighted by molar-refractivity contribution is 7.99. The molecule has 1 heterocycles. The van der Waals surface area contributed by atoms with Crippen LogP contribution in [0.1, 0.15) is 12.8 Å². The fraction of sp³-hybridized carbons (Fsp3) is 0.538. The molecule has 0 saturated heterocycles. The summed E-state index contributed by atoms with van der Waals surface area (Å²) in [5, 5.41) is 4.11. The van der Waals surface area contributed by atoms with Gasteiger partial charge in [0.15, 0.2) is 0 Å². The largest absolute Gasteiger partial charge is 0.468 e. The second kappa shape index (κ2) is 5.71. The van der Waals surface area contributed by atoms with Crippen molar-refractivity contribution >= 4 is 17.7 Å². The number of rotatable bonds is 6. The first-order valence-corrected chi connectivity index (χ1v) is 7.02. The molecule has 1 saturated carbocycles. The summed E-state index contributed by atoms with van der Waals surface area (Å²) in [5.41, 5.74) is -0.572. The summed E-state index contributed by atoms with van der Waals surface area (Å²) in [5.74, 6) is 0.861. The first-order valence-electron chi connectivity index (χ1n) is 6.04. The monoisotopic (exact) mass is 266 g/mol. The van der Waals surface area contributed by atoms with E-state index in [-0.39, 0.29) is 5.97 Å². The third-order valence-electron chi connectivity index (χ3n) is 3.36. The molecule has 0 amide bonds. The van der Waals surface area contributed by atoms with Gasteiger partial charge in [-0.25, -0.2) is 4.98 Å². The minimum Gasteiger partial charge on any atom is -0.468 e. The van der Waals surface area contributed by atoms with Crippen LogP contribution in [0, 0.1) is 5.92 Å². The van der Waals surface area contributed by atoms with Gasteiger partial charge in [0.2, 0.25) is 0 Å². The van der Waals surface area contributed by atoms with Crippen LogP contribution in [0.4, 0.5) is 0 Å². The van der Waals surface area contributed by atoms with Crippen LogP contribution in [0.5, 0.6) is 0 Å². The Bertz CT molecular complexity index is 409. The van der Waals surface area contributed by atoms with Crippen LogP contribution in [0.3, 0.4) is 0 Å². The maximum atomic E-state index is 12.0. The fourth-order valence-corrected chi connectivity index (χ4v) is 3.28. The molecule has 5 heteroatoms. The van der Waals surface area contributed by atoms with Crippen molar-refractivity contribution in [3.8, 4) is 0 Å². The SMILES string of the molecule is CNC(CSc1ccccn1)(C(=O)OC)C1CC1. The molecule has 0 radical (unpaired) electrons. The Morgan fingerprint density at radius 3 is 2.89 bits per heavy atom. The molecule has 1 fully saturated rings. The number of likely N-dealkylation sites (N-methyl/N-ethyl adjacent to an activating group) is 1. The van der Waals surface area contributed by atoms with E-state index in [1.54, 1.807) is 18.0 Å². The molecule has 0 aromatic carbocycles. The number of pyridine rings is 1. The van der Waals surface area contributed by atoms with Gasteiger partial charge in [0, 0.05) is 11.9 Å². The van der Waals surface area contributed by atoms with Gasteiger partial charge in [-0.05, 0) is 37.9 Å². The molecule has 98 valence electrons. The van der Waals surface area contributed by atoms with E-state index in [2.05, 4.69) is 10.3 Å². The number of aromatic nitrogens is 1. The zero-order valence-corrected chi connectivity index (χ0v) is 11.5. The minimum absolute atomic E-state index is 0.170. The quantitative estimate of drug-likeness (QED) is 0.627. The number of carbonyl (C=O) groups is 1. The summed E-state index contributed by atoms with van der Waals surface area (Å²) in [6, 6.07) is 5.79. The van der Waals surface area contributed by atoms with Crippen LogP contribution in [0.15, 0.2) is 29.4 Å². The molecule has 18 heavy (non-hydrogen) atoms. The van der Waals surface area contributed by atoms with E-state index >= 15 is 0 Å². The molecule has 1 aliphatic rings. The average molecular weight is 266 g/mol. The van der Waals surface area contributed by atoms with E-state index in [1.165, 1.54) is 7.11 Å². The van der Waals surface area contributed by atoms with E-state index in [0.29, 0.717) is 11.7 Å². The molecule has 1 unspecified atom stereocenters. The highest BCUT2D eigenvalue weighted by Gasteiger charge is 2.50. The molecule has 4 nitrogen and oxygen atoms in total. The van der Waals surface area contributed by atoms with Crippen molar-refractivity contribution in [1.29, 1.82) is 0 Å². The zero-order chi connectivity index (χ0) is 13.0. The number of carbonyl (C=O) groups excluding carboxylic acids is 1. The molecule has 0 aliphatic heterocycles. The van der Waals surface area contributed by atoms with Crippen LogP contribution >= 0.6 is 11.8 Å². The van der Waals surface area contributed by atoms with Crippen molar-refractivity contribution in [3.63, 3.8) is 0 Å². The van der Waals surface area contributed by atoms with Gasteiger partial charge in [-0.3, -0.25) is 4.79 Å². The lowest BCUT2D eigenvalue weighted by Crippen LogP contribution is -2.55. The molecule has 2 rings (SSSR count). The second-order valence-corrected chi connectivity index (χ2v) is 5.44. The van der Waals surface area contributed by atoms with E-state index in [4.69, 9.17) is 4.74 Å². The number of ether oxygens (including phenoxy) is 1. The standard InChI is InChI=1S/C13H18N2O2S/c1-14-13(10-6-7-10,12(16)17-2)9-18-11-5-3-4-8-15-11/h3-5,8,10,14H,6-7,9H2,1-2H3. The first kappa shape index (κ1) is 13.4. The van der Waals surface area contributed by atoms with Gasteiger partial charge in [-0.2, -0.15) is 0 Å². The Labute approximate surface area is 112 Å². The smallest absolute Gasteiger partial charge is 0.327 e. The van der Waals surface area contributed by atoms with Gasteiger partial charge in [0.25, 0.3) is 0 Å². The van der Waals surface area contributed by atoms with Gasteiger partial charge in [-0.15, -0.1) is 11.8 Å². The highest BCUT2D eigenvalue weighted by Crippen LogP contribution is 2.42. The molecule has 1 aliphatic carbocycles. The van der Waals surface area contributed by atoms with Gasteiger partial charge in [0.1, 0.15) is 5.54 Å². The lowest BCUT2D eigenvalue weighted by Gasteiger charge is -2.30. The molecule has 1 atom stereocenters. The molecule has 0 bridgehead atoms. The van der Waals surface area contributed by atoms with Crippen molar-refractivity contribution in [2.45, 2.75) is 23.4 Å². The number of nitrogens with one attached hydrogen (secondary N) is 1. The van der Waals surface area contributed by atoms with E-state index in [0.717, 1.165) is 17.9 Å². The lowest BCUT2D eigenvalue weighted by atomic mass is 9.96. The number of methoxy groups -OCH3 is 1. The predicted molar refractivity (Wildman–Crippen MR) is 71.5 cm³/mol. The number of thioether (sulfide) groups is 1. The summed E-state index contributed by atoms with van der Waals surface area (Å²) in [7, 11) is 3.27. The molecular weight excluding hydrogens is 248 g/mol. The normalized spacial score (nSPS) is 18.1. The van der Waals surface area contributed by atoms with Crippen LogP contribution in [-0.4, -0.2) is 36.4 Å². The van der Waals surface area contributed by atoms with Crippen molar-refractivity contribution < 1.29 is 9.53 Å². The van der Waals surface area contributed by atoms with Gasteiger partial charge < -0.3 is 10.1 Å². The summed E-state index contributed by atoms with van der Waals surface area (Å²) < 4.78 is 4.96. The number of esters is 1. The van der Waals surface area contributed by atoms with Gasteiger partial charge in [0.05, 0.1) is 12.1 Å². The minimum atomic E-state index is -0.572. The lowest BCUT2D eigenvalue weighted by molar-refractivity contribution is -0.148. The van der Waals surface area contributed by atoms with Gasteiger partial charge >= 0.3 is 5.97 Å². The second-order valence-electron chi connectivity index (χ2n) is 4.44. The summed E-state index contributed by atoms with van der Waals surface area (Å²) in [4.78, 5) is 16.3. The van der Waals surface area contributed by atoms with Crippen LogP contribution in [-0.2, 0) is 9.53 Å². The molecule has 1 aromatic rings. The Morgan fingerprint density at radius 2 is 2.39 bits per heavy atom. The van der Waals surface area contributed by atoms with Crippen LogP contribution in [0.25, 0.3) is 0 Å². The Morgan fingerprint density at radius 1 is 1.61 bits per heavy atom. The summed E-state index contributed by atoms with van der Waals surface area (Å²) in [6.07, 6.45) is 3.93. The van der Waals surface area contributed by atoms with E-state index in [1.807, 2.05) is 25.2 Å². The fourth-order valence-electron chi connectivity index (χ4n) is 2.10. The van der Waals surface area contributed by atoms with Crippen molar-refractivity contribution in [2.24, 2.45) is 5.92 Å². The molecule has 0 spiro atoms. The maximum absolute atomic E-state index is 12.0. The Kier molecular flexibility index (Phi) is 4.24. The average Bonchev–Trinajstić information content (AvgIpc) is 3.26. The predicted octanol–water partition coefficient (Wildman–Crippen LogP) is 1.71. The first-order chi connectivity index (χ1) is 8.73. The van der Waals surface area contributed by atoms with E-state index in [9.17, 15) is 4.79 Å². The Hall–Kier alpha value is -1.07. The van der Waals surface area contributed by atoms with Crippen LogP contribution < -0.4 is 5.32 Å². The zero-order valence-electron chi connectivity index (χ0n) is 10.7. The van der Waals surface area contributed by atoms with E-state index < -0.39 is 5.54 Å². The third kappa shape index (κ3) is 2.67.